The number of aliphatic carboxylic acids is 1. The van der Waals surface area contributed by atoms with Crippen LogP contribution in [-0.4, -0.2) is 30.1 Å². The molecule has 30 heavy (non-hydrogen) atoms. The Bertz CT molecular complexity index is 801. The minimum atomic E-state index is -0.846. The number of carbonyl (C=O) groups excluding carboxylic acids is 1. The van der Waals surface area contributed by atoms with Gasteiger partial charge in [-0.1, -0.05) is 63.8 Å². The van der Waals surface area contributed by atoms with Crippen LogP contribution < -0.4 is 10.6 Å². The van der Waals surface area contributed by atoms with E-state index in [1.807, 2.05) is 31.2 Å². The number of hydrogen-bond acceptors (Lipinski definition) is 4. The highest BCUT2D eigenvalue weighted by molar-refractivity contribution is 7.10. The minimum absolute atomic E-state index is 0.0565. The van der Waals surface area contributed by atoms with E-state index in [1.54, 1.807) is 18.4 Å². The molecule has 1 aromatic carbocycles. The molecular weight excluding hydrogens is 396 g/mol. The van der Waals surface area contributed by atoms with Gasteiger partial charge in [-0.2, -0.15) is 0 Å². The Labute approximate surface area is 183 Å². The maximum Gasteiger partial charge on any atom is 0.321 e. The van der Waals surface area contributed by atoms with E-state index in [0.717, 1.165) is 34.4 Å². The van der Waals surface area contributed by atoms with Gasteiger partial charge in [0.05, 0.1) is 6.54 Å². The smallest absolute Gasteiger partial charge is 0.321 e. The van der Waals surface area contributed by atoms with E-state index in [1.165, 1.54) is 19.3 Å². The molecule has 5 nitrogen and oxygen atoms in total. The Kier molecular flexibility index (Phi) is 10.0. The van der Waals surface area contributed by atoms with Crippen LogP contribution in [0.1, 0.15) is 56.4 Å². The first-order valence-corrected chi connectivity index (χ1v) is 11.7. The molecule has 0 aliphatic carbocycles. The van der Waals surface area contributed by atoms with Crippen molar-refractivity contribution in [2.24, 2.45) is 5.92 Å². The van der Waals surface area contributed by atoms with Crippen LogP contribution in [0.2, 0.25) is 0 Å². The van der Waals surface area contributed by atoms with Crippen LogP contribution in [0.5, 0.6) is 0 Å². The molecule has 0 saturated heterocycles. The molecule has 3 N–H and O–H groups in total. The second-order valence-corrected chi connectivity index (χ2v) is 8.85. The van der Waals surface area contributed by atoms with E-state index in [0.29, 0.717) is 13.0 Å². The number of carbonyl (C=O) groups is 2. The van der Waals surface area contributed by atoms with E-state index in [-0.39, 0.29) is 11.8 Å². The van der Waals surface area contributed by atoms with Gasteiger partial charge in [-0.3, -0.25) is 9.59 Å². The van der Waals surface area contributed by atoms with Crippen LogP contribution in [0.15, 0.2) is 35.7 Å². The molecule has 0 fully saturated rings. The van der Waals surface area contributed by atoms with Crippen molar-refractivity contribution in [3.05, 3.63) is 46.2 Å². The quantitative estimate of drug-likeness (QED) is 0.397. The van der Waals surface area contributed by atoms with Crippen LogP contribution in [0.4, 0.5) is 0 Å². The van der Waals surface area contributed by atoms with Gasteiger partial charge in [-0.25, -0.2) is 0 Å². The van der Waals surface area contributed by atoms with Gasteiger partial charge in [0, 0.05) is 10.8 Å². The number of hydrogen-bond donors (Lipinski definition) is 3. The summed E-state index contributed by atoms with van der Waals surface area (Å²) in [5.41, 5.74) is 3.19. The maximum absolute atomic E-state index is 12.3. The third-order valence-corrected chi connectivity index (χ3v) is 6.34. The average molecular weight is 431 g/mol. The lowest BCUT2D eigenvalue weighted by molar-refractivity contribution is -0.139. The molecule has 1 aromatic heterocycles. The van der Waals surface area contributed by atoms with Crippen LogP contribution in [0.3, 0.4) is 0 Å². The molecule has 164 valence electrons. The first-order chi connectivity index (χ1) is 14.4. The molecular formula is C24H34N2O3S. The highest BCUT2D eigenvalue weighted by Gasteiger charge is 2.15. The van der Waals surface area contributed by atoms with Crippen molar-refractivity contribution < 1.29 is 14.7 Å². The van der Waals surface area contributed by atoms with Gasteiger partial charge in [0.25, 0.3) is 0 Å². The normalized spacial score (nSPS) is 13.0. The standard InChI is InChI=1S/C24H34N2O3S/c1-4-5-6-7-8-17(2)23(27)26-15-21-14-20(16-30-21)19-11-9-18(10-12-19)13-22(25-3)24(28)29/h9-12,14,16-17,22,25H,4-8,13,15H2,1-3H3,(H,26,27)(H,28,29). The number of thiophene rings is 1. The van der Waals surface area contributed by atoms with Crippen molar-refractivity contribution >= 4 is 23.2 Å². The Morgan fingerprint density at radius 1 is 1.10 bits per heavy atom. The number of carboxylic acid groups (broad SMARTS) is 1. The number of amides is 1. The topological polar surface area (TPSA) is 78.4 Å². The van der Waals surface area contributed by atoms with Crippen molar-refractivity contribution in [2.75, 3.05) is 7.05 Å². The minimum Gasteiger partial charge on any atom is -0.480 e. The predicted octanol–water partition coefficient (Wildman–Crippen LogP) is 4.85. The van der Waals surface area contributed by atoms with E-state index in [4.69, 9.17) is 5.11 Å². The molecule has 0 radical (unpaired) electrons. The third-order valence-electron chi connectivity index (χ3n) is 5.40. The highest BCUT2D eigenvalue weighted by Crippen LogP contribution is 2.26. The lowest BCUT2D eigenvalue weighted by atomic mass is 10.0. The number of benzene rings is 1. The SMILES string of the molecule is CCCCCCC(C)C(=O)NCc1cc(-c2ccc(CC(NC)C(=O)O)cc2)cs1. The van der Waals surface area contributed by atoms with Crippen LogP contribution >= 0.6 is 11.3 Å². The van der Waals surface area contributed by atoms with Crippen molar-refractivity contribution in [1.29, 1.82) is 0 Å². The van der Waals surface area contributed by atoms with Crippen LogP contribution in [0.25, 0.3) is 11.1 Å². The van der Waals surface area contributed by atoms with Gasteiger partial charge in [-0.05, 0) is 48.0 Å². The lowest BCUT2D eigenvalue weighted by Crippen LogP contribution is -2.35. The first-order valence-electron chi connectivity index (χ1n) is 10.8. The molecule has 0 saturated carbocycles. The van der Waals surface area contributed by atoms with Crippen LogP contribution in [-0.2, 0) is 22.6 Å². The fourth-order valence-corrected chi connectivity index (χ4v) is 4.20. The van der Waals surface area contributed by atoms with Crippen molar-refractivity contribution in [3.8, 4) is 11.1 Å². The Morgan fingerprint density at radius 3 is 2.47 bits per heavy atom. The van der Waals surface area contributed by atoms with E-state index in [2.05, 4.69) is 29.0 Å². The molecule has 0 aliphatic heterocycles. The Hall–Kier alpha value is -2.18. The maximum atomic E-state index is 12.3. The molecule has 6 heteroatoms. The number of likely N-dealkylation sites (N-methyl/N-ethyl adjacent to an activating group) is 1. The van der Waals surface area contributed by atoms with Crippen LogP contribution in [0, 0.1) is 5.92 Å². The molecule has 2 aromatic rings. The van der Waals surface area contributed by atoms with Gasteiger partial charge < -0.3 is 15.7 Å². The summed E-state index contributed by atoms with van der Waals surface area (Å²) in [6.07, 6.45) is 6.16. The monoisotopic (exact) mass is 430 g/mol. The van der Waals surface area contributed by atoms with Crippen molar-refractivity contribution in [3.63, 3.8) is 0 Å². The molecule has 1 amide bonds. The zero-order valence-electron chi connectivity index (χ0n) is 18.2. The number of carboxylic acids is 1. The largest absolute Gasteiger partial charge is 0.480 e. The van der Waals surface area contributed by atoms with E-state index >= 15 is 0 Å². The average Bonchev–Trinajstić information content (AvgIpc) is 3.22. The Morgan fingerprint density at radius 2 is 1.83 bits per heavy atom. The summed E-state index contributed by atoms with van der Waals surface area (Å²) in [5, 5.41) is 17.1. The summed E-state index contributed by atoms with van der Waals surface area (Å²) in [4.78, 5) is 24.6. The summed E-state index contributed by atoms with van der Waals surface area (Å²) < 4.78 is 0. The zero-order valence-corrected chi connectivity index (χ0v) is 19.1. The van der Waals surface area contributed by atoms with Crippen molar-refractivity contribution in [2.45, 2.75) is 65.0 Å². The van der Waals surface area contributed by atoms with Gasteiger partial charge in [-0.15, -0.1) is 11.3 Å². The zero-order chi connectivity index (χ0) is 21.9. The highest BCUT2D eigenvalue weighted by atomic mass is 32.1. The second-order valence-electron chi connectivity index (χ2n) is 7.85. The lowest BCUT2D eigenvalue weighted by Gasteiger charge is -2.11. The molecule has 2 atom stereocenters. The van der Waals surface area contributed by atoms with Crippen molar-refractivity contribution in [1.82, 2.24) is 10.6 Å². The fraction of sp³-hybridized carbons (Fsp3) is 0.500. The number of nitrogens with one attached hydrogen (secondary N) is 2. The molecule has 0 spiro atoms. The van der Waals surface area contributed by atoms with E-state index in [9.17, 15) is 9.59 Å². The summed E-state index contributed by atoms with van der Waals surface area (Å²) in [5.74, 6) is -0.661. The number of rotatable bonds is 13. The molecule has 2 unspecified atom stereocenters. The predicted molar refractivity (Wildman–Crippen MR) is 124 cm³/mol. The van der Waals surface area contributed by atoms with Gasteiger partial charge >= 0.3 is 5.97 Å². The summed E-state index contributed by atoms with van der Waals surface area (Å²) in [6, 6.07) is 9.52. The summed E-state index contributed by atoms with van der Waals surface area (Å²) >= 11 is 1.64. The first kappa shape index (κ1) is 24.1. The third kappa shape index (κ3) is 7.58. The second kappa shape index (κ2) is 12.5. The molecule has 0 aliphatic rings. The van der Waals surface area contributed by atoms with Gasteiger partial charge in [0.2, 0.25) is 5.91 Å². The van der Waals surface area contributed by atoms with Gasteiger partial charge in [0.1, 0.15) is 6.04 Å². The number of unbranched alkanes of at least 4 members (excludes halogenated alkanes) is 3. The Balaban J connectivity index is 1.85. The molecule has 2 rings (SSSR count). The van der Waals surface area contributed by atoms with E-state index < -0.39 is 12.0 Å². The summed E-state index contributed by atoms with van der Waals surface area (Å²) in [7, 11) is 1.66. The fourth-order valence-electron chi connectivity index (χ4n) is 3.36. The summed E-state index contributed by atoms with van der Waals surface area (Å²) in [6.45, 7) is 4.76. The van der Waals surface area contributed by atoms with Gasteiger partial charge in [0.15, 0.2) is 0 Å². The molecule has 0 bridgehead atoms. The molecule has 1 heterocycles.